The Morgan fingerprint density at radius 3 is 0.975 bits per heavy atom. The molecule has 3 rings (SSSR count). The molecule has 0 amide bonds. The summed E-state index contributed by atoms with van der Waals surface area (Å²) in [6, 6.07) is 26.8. The number of rotatable bonds is 20. The van der Waals surface area contributed by atoms with Gasteiger partial charge in [0.1, 0.15) is 0 Å². The molecule has 3 aromatic carbocycles. The fourth-order valence-electron chi connectivity index (χ4n) is 4.60. The van der Waals surface area contributed by atoms with Gasteiger partial charge in [-0.1, -0.05) is 151 Å². The minimum Gasteiger partial charge on any atom is -0.126 e. The highest BCUT2D eigenvalue weighted by molar-refractivity contribution is 7.99. The van der Waals surface area contributed by atoms with E-state index < -0.39 is 0 Å². The van der Waals surface area contributed by atoms with Crippen molar-refractivity contribution in [3.8, 4) is 0 Å². The van der Waals surface area contributed by atoms with Crippen LogP contribution in [0.2, 0.25) is 0 Å². The van der Waals surface area contributed by atoms with Gasteiger partial charge in [0.2, 0.25) is 0 Å². The number of unbranched alkanes of at least 4 members (excludes halogenated alkanes) is 10. The summed E-state index contributed by atoms with van der Waals surface area (Å²) in [7, 11) is 0. The van der Waals surface area contributed by atoms with Crippen LogP contribution in [0, 0.1) is 0 Å². The Morgan fingerprint density at radius 2 is 0.650 bits per heavy atom. The fraction of sp³-hybridized carbons (Fsp3) is 0.421. The van der Waals surface area contributed by atoms with Crippen LogP contribution >= 0.6 is 23.5 Å². The van der Waals surface area contributed by atoms with E-state index in [0.29, 0.717) is 0 Å². The first-order valence-electron chi connectivity index (χ1n) is 15.7. The Labute approximate surface area is 254 Å². The molecule has 0 aliphatic carbocycles. The van der Waals surface area contributed by atoms with E-state index in [2.05, 4.69) is 111 Å². The average molecular weight is 571 g/mol. The van der Waals surface area contributed by atoms with Gasteiger partial charge in [-0.3, -0.25) is 0 Å². The molecule has 0 saturated heterocycles. The second kappa shape index (κ2) is 20.7. The number of hydrogen-bond acceptors (Lipinski definition) is 2. The third-order valence-corrected chi connectivity index (χ3v) is 9.36. The normalized spacial score (nSPS) is 11.7. The number of benzene rings is 3. The fourth-order valence-corrected chi connectivity index (χ4v) is 6.42. The number of hydrogen-bond donors (Lipinski definition) is 0. The quantitative estimate of drug-likeness (QED) is 0.0752. The molecule has 0 saturated carbocycles. The Kier molecular flexibility index (Phi) is 16.7. The molecule has 0 radical (unpaired) electrons. The van der Waals surface area contributed by atoms with Crippen molar-refractivity contribution in [1.82, 2.24) is 0 Å². The Hall–Kier alpha value is -2.16. The van der Waals surface area contributed by atoms with E-state index in [0.717, 1.165) is 0 Å². The zero-order chi connectivity index (χ0) is 28.1. The van der Waals surface area contributed by atoms with Crippen molar-refractivity contribution in [2.45, 2.75) is 101 Å². The van der Waals surface area contributed by atoms with Gasteiger partial charge in [-0.25, -0.2) is 0 Å². The van der Waals surface area contributed by atoms with E-state index in [9.17, 15) is 0 Å². The Morgan fingerprint density at radius 1 is 0.375 bits per heavy atom. The van der Waals surface area contributed by atoms with Crippen molar-refractivity contribution in [2.75, 3.05) is 11.5 Å². The monoisotopic (exact) mass is 570 g/mol. The van der Waals surface area contributed by atoms with Crippen LogP contribution in [0.15, 0.2) is 82.6 Å². The van der Waals surface area contributed by atoms with E-state index in [1.807, 2.05) is 23.5 Å². The first-order valence-corrected chi connectivity index (χ1v) is 17.7. The molecule has 0 aliphatic heterocycles. The molecule has 0 nitrogen and oxygen atoms in total. The van der Waals surface area contributed by atoms with Crippen molar-refractivity contribution in [3.63, 3.8) is 0 Å². The lowest BCUT2D eigenvalue weighted by atomic mass is 10.1. The molecule has 0 N–H and O–H groups in total. The molecule has 2 heteroatoms. The highest BCUT2D eigenvalue weighted by atomic mass is 32.2. The summed E-state index contributed by atoms with van der Waals surface area (Å²) in [5, 5.41) is 0. The van der Waals surface area contributed by atoms with Crippen LogP contribution in [0.5, 0.6) is 0 Å². The third-order valence-electron chi connectivity index (χ3n) is 7.17. The van der Waals surface area contributed by atoms with Crippen LogP contribution in [-0.2, 0) is 0 Å². The largest absolute Gasteiger partial charge is 0.126 e. The summed E-state index contributed by atoms with van der Waals surface area (Å²) < 4.78 is 0. The zero-order valence-corrected chi connectivity index (χ0v) is 26.6. The molecule has 0 aliphatic rings. The van der Waals surface area contributed by atoms with Crippen molar-refractivity contribution in [3.05, 3.63) is 95.1 Å². The predicted octanol–water partition coefficient (Wildman–Crippen LogP) is 12.9. The van der Waals surface area contributed by atoms with E-state index in [4.69, 9.17) is 0 Å². The van der Waals surface area contributed by atoms with Crippen LogP contribution in [-0.4, -0.2) is 11.5 Å². The van der Waals surface area contributed by atoms with Crippen LogP contribution in [0.1, 0.15) is 113 Å². The molecule has 0 aromatic heterocycles. The van der Waals surface area contributed by atoms with Crippen LogP contribution in [0.4, 0.5) is 0 Å². The molecule has 0 bridgehead atoms. The minimum absolute atomic E-state index is 1.23. The second-order valence-electron chi connectivity index (χ2n) is 10.7. The highest BCUT2D eigenvalue weighted by Gasteiger charge is 1.98. The first-order chi connectivity index (χ1) is 19.8. The summed E-state index contributed by atoms with van der Waals surface area (Å²) in [6.45, 7) is 4.56. The second-order valence-corrected chi connectivity index (χ2v) is 13.0. The summed E-state index contributed by atoms with van der Waals surface area (Å²) in [5.41, 5.74) is 4.96. The van der Waals surface area contributed by atoms with Gasteiger partial charge in [0.25, 0.3) is 0 Å². The van der Waals surface area contributed by atoms with Gasteiger partial charge < -0.3 is 0 Å². The lowest BCUT2D eigenvalue weighted by Gasteiger charge is -2.03. The molecule has 3 aromatic rings. The summed E-state index contributed by atoms with van der Waals surface area (Å²) >= 11 is 3.97. The maximum Gasteiger partial charge on any atom is 0.00723 e. The van der Waals surface area contributed by atoms with Gasteiger partial charge in [0.15, 0.2) is 0 Å². The predicted molar refractivity (Wildman–Crippen MR) is 185 cm³/mol. The van der Waals surface area contributed by atoms with Gasteiger partial charge in [-0.15, -0.1) is 23.5 Å². The average Bonchev–Trinajstić information content (AvgIpc) is 3.00. The van der Waals surface area contributed by atoms with Crippen LogP contribution in [0.25, 0.3) is 24.3 Å². The molecule has 0 fully saturated rings. The molecular formula is C38H50S2. The zero-order valence-electron chi connectivity index (χ0n) is 25.0. The van der Waals surface area contributed by atoms with Crippen LogP contribution < -0.4 is 0 Å². The highest BCUT2D eigenvalue weighted by Crippen LogP contribution is 2.23. The lowest BCUT2D eigenvalue weighted by Crippen LogP contribution is -1.83. The summed E-state index contributed by atoms with van der Waals surface area (Å²) in [4.78, 5) is 2.76. The Balaban J connectivity index is 1.36. The molecule has 214 valence electrons. The summed E-state index contributed by atoms with van der Waals surface area (Å²) in [5.74, 6) is 2.46. The summed E-state index contributed by atoms with van der Waals surface area (Å²) in [6.07, 6.45) is 25.2. The maximum absolute atomic E-state index is 2.28. The van der Waals surface area contributed by atoms with Crippen molar-refractivity contribution < 1.29 is 0 Å². The molecule has 40 heavy (non-hydrogen) atoms. The van der Waals surface area contributed by atoms with Gasteiger partial charge in [0.05, 0.1) is 0 Å². The molecule has 0 heterocycles. The van der Waals surface area contributed by atoms with E-state index in [1.54, 1.807) is 0 Å². The van der Waals surface area contributed by atoms with Gasteiger partial charge in [0, 0.05) is 9.79 Å². The van der Waals surface area contributed by atoms with Crippen LogP contribution in [0.3, 0.4) is 0 Å². The van der Waals surface area contributed by atoms with Gasteiger partial charge >= 0.3 is 0 Å². The van der Waals surface area contributed by atoms with Gasteiger partial charge in [-0.2, -0.15) is 0 Å². The minimum atomic E-state index is 1.23. The van der Waals surface area contributed by atoms with E-state index >= 15 is 0 Å². The molecular weight excluding hydrogens is 521 g/mol. The topological polar surface area (TPSA) is 0 Å². The standard InChI is InChI=1S/C38H50S2/c1-3-5-7-9-11-13-31-39-37-27-23-35(24-28-37)21-19-33-15-17-34(18-16-33)20-22-36-25-29-38(30-26-36)40-32-14-12-10-8-6-4-2/h15-30H,3-14,31-32H2,1-2H3. The smallest absolute Gasteiger partial charge is 0.00723 e. The van der Waals surface area contributed by atoms with Crippen molar-refractivity contribution in [2.24, 2.45) is 0 Å². The third kappa shape index (κ3) is 14.0. The lowest BCUT2D eigenvalue weighted by molar-refractivity contribution is 0.627. The van der Waals surface area contributed by atoms with E-state index in [-0.39, 0.29) is 0 Å². The van der Waals surface area contributed by atoms with Crippen molar-refractivity contribution in [1.29, 1.82) is 0 Å². The SMILES string of the molecule is CCCCCCCCSc1ccc(C=Cc2ccc(C=Cc3ccc(SCCCCCCCC)cc3)cc2)cc1. The van der Waals surface area contributed by atoms with E-state index in [1.165, 1.54) is 121 Å². The maximum atomic E-state index is 2.28. The Bertz CT molecular complexity index is 1000. The number of thioether (sulfide) groups is 2. The molecule has 0 spiro atoms. The first kappa shape index (κ1) is 32.4. The molecule has 0 atom stereocenters. The van der Waals surface area contributed by atoms with Crippen molar-refractivity contribution >= 4 is 47.8 Å². The molecule has 0 unspecified atom stereocenters. The van der Waals surface area contributed by atoms with Gasteiger partial charge in [-0.05, 0) is 70.9 Å².